The van der Waals surface area contributed by atoms with Crippen LogP contribution < -0.4 is 4.74 Å². The van der Waals surface area contributed by atoms with Gasteiger partial charge in [-0.15, -0.1) is 0 Å². The molecule has 1 aliphatic heterocycles. The van der Waals surface area contributed by atoms with Gasteiger partial charge < -0.3 is 14.2 Å². The van der Waals surface area contributed by atoms with Crippen molar-refractivity contribution in [2.75, 3.05) is 7.11 Å². The van der Waals surface area contributed by atoms with Gasteiger partial charge in [0.2, 0.25) is 0 Å². The van der Waals surface area contributed by atoms with Crippen molar-refractivity contribution in [1.82, 2.24) is 0 Å². The minimum absolute atomic E-state index is 0.130. The van der Waals surface area contributed by atoms with Crippen molar-refractivity contribution >= 4 is 11.9 Å². The van der Waals surface area contributed by atoms with Crippen LogP contribution in [-0.2, 0) is 25.7 Å². The fourth-order valence-corrected chi connectivity index (χ4v) is 3.99. The summed E-state index contributed by atoms with van der Waals surface area (Å²) in [5.41, 5.74) is -0.0961. The molecule has 0 radical (unpaired) electrons. The number of ether oxygens (including phenoxy) is 3. The number of hydrogen-bond donors (Lipinski definition) is 0. The van der Waals surface area contributed by atoms with E-state index in [-0.39, 0.29) is 12.2 Å². The molecule has 0 spiro atoms. The van der Waals surface area contributed by atoms with E-state index >= 15 is 0 Å². The highest BCUT2D eigenvalue weighted by atomic mass is 16.6. The Labute approximate surface area is 187 Å². The summed E-state index contributed by atoms with van der Waals surface area (Å²) in [6.45, 7) is 7.91. The molecule has 2 rings (SSSR count). The predicted octanol–water partition coefficient (Wildman–Crippen LogP) is 6.15. The quantitative estimate of drug-likeness (QED) is 0.201. The Bertz CT molecular complexity index is 724. The van der Waals surface area contributed by atoms with Crippen molar-refractivity contribution in [1.29, 1.82) is 0 Å². The maximum Gasteiger partial charge on any atom is 0.335 e. The second-order valence-electron chi connectivity index (χ2n) is 8.62. The van der Waals surface area contributed by atoms with Crippen molar-refractivity contribution in [3.05, 3.63) is 42.0 Å². The number of hydrogen-bond acceptors (Lipinski definition) is 5. The molecule has 0 bridgehead atoms. The number of unbranched alkanes of at least 4 members (excludes halogenated alkanes) is 8. The average molecular weight is 431 g/mol. The molecule has 1 saturated heterocycles. The third-order valence-electron chi connectivity index (χ3n) is 6.29. The van der Waals surface area contributed by atoms with E-state index in [1.54, 1.807) is 14.0 Å². The Kier molecular flexibility index (Phi) is 10.1. The molecule has 5 nitrogen and oxygen atoms in total. The number of carbonyl (C=O) groups excluding carboxylic acids is 2. The first-order valence-electron chi connectivity index (χ1n) is 11.6. The Balaban J connectivity index is 1.81. The molecule has 0 N–H and O–H groups in total. The second kappa shape index (κ2) is 12.5. The van der Waals surface area contributed by atoms with Crippen LogP contribution in [0.4, 0.5) is 0 Å². The van der Waals surface area contributed by atoms with Crippen molar-refractivity contribution in [3.63, 3.8) is 0 Å². The van der Waals surface area contributed by atoms with Gasteiger partial charge in [-0.1, -0.05) is 77.0 Å². The van der Waals surface area contributed by atoms with Gasteiger partial charge in [0.1, 0.15) is 23.9 Å². The molecule has 1 fully saturated rings. The molecule has 1 aliphatic rings. The maximum absolute atomic E-state index is 13.0. The van der Waals surface area contributed by atoms with E-state index in [2.05, 4.69) is 13.5 Å². The molecular formula is C26H38O5. The largest absolute Gasteiger partial charge is 0.497 e. The van der Waals surface area contributed by atoms with Gasteiger partial charge in [-0.25, -0.2) is 4.79 Å². The minimum atomic E-state index is -1.14. The fraction of sp³-hybridized carbons (Fsp3) is 0.615. The van der Waals surface area contributed by atoms with Gasteiger partial charge in [-0.2, -0.15) is 0 Å². The predicted molar refractivity (Wildman–Crippen MR) is 122 cm³/mol. The SMILES string of the molecule is C=C1C(=O)O[C@H](CCCCCCCCCCC)[C@@]1(C)C(=O)OCc1ccc(OC)cc1. The number of rotatable bonds is 14. The molecule has 0 aliphatic carbocycles. The summed E-state index contributed by atoms with van der Waals surface area (Å²) in [5, 5.41) is 0. The Morgan fingerprint density at radius 2 is 1.61 bits per heavy atom. The van der Waals surface area contributed by atoms with Gasteiger partial charge in [-0.3, -0.25) is 4.79 Å². The third-order valence-corrected chi connectivity index (χ3v) is 6.29. The molecule has 31 heavy (non-hydrogen) atoms. The van der Waals surface area contributed by atoms with Crippen LogP contribution in [-0.4, -0.2) is 25.2 Å². The maximum atomic E-state index is 13.0. The summed E-state index contributed by atoms with van der Waals surface area (Å²) >= 11 is 0. The van der Waals surface area contributed by atoms with Crippen molar-refractivity contribution in [2.45, 2.75) is 90.8 Å². The lowest BCUT2D eigenvalue weighted by molar-refractivity contribution is -0.158. The summed E-state index contributed by atoms with van der Waals surface area (Å²) in [6.07, 6.45) is 11.1. The lowest BCUT2D eigenvalue weighted by atomic mass is 9.78. The molecule has 1 aromatic carbocycles. The van der Waals surface area contributed by atoms with Gasteiger partial charge in [0.05, 0.1) is 12.7 Å². The van der Waals surface area contributed by atoms with Crippen LogP contribution >= 0.6 is 0 Å². The van der Waals surface area contributed by atoms with Crippen molar-refractivity contribution in [2.24, 2.45) is 5.41 Å². The summed E-state index contributed by atoms with van der Waals surface area (Å²) in [4.78, 5) is 25.1. The van der Waals surface area contributed by atoms with E-state index in [0.29, 0.717) is 6.42 Å². The monoisotopic (exact) mass is 430 g/mol. The van der Waals surface area contributed by atoms with E-state index in [4.69, 9.17) is 14.2 Å². The van der Waals surface area contributed by atoms with Crippen LogP contribution in [0.5, 0.6) is 5.75 Å². The zero-order valence-electron chi connectivity index (χ0n) is 19.4. The number of methoxy groups -OCH3 is 1. The van der Waals surface area contributed by atoms with Crippen LogP contribution in [0.25, 0.3) is 0 Å². The molecule has 2 atom stereocenters. The first-order valence-corrected chi connectivity index (χ1v) is 11.6. The number of carbonyl (C=O) groups is 2. The van der Waals surface area contributed by atoms with Crippen LogP contribution in [0.1, 0.15) is 83.6 Å². The Hall–Kier alpha value is -2.30. The van der Waals surface area contributed by atoms with Crippen LogP contribution in [0.2, 0.25) is 0 Å². The third kappa shape index (κ3) is 6.84. The Morgan fingerprint density at radius 1 is 1.03 bits per heavy atom. The molecule has 0 saturated carbocycles. The number of cyclic esters (lactones) is 1. The Morgan fingerprint density at radius 3 is 2.19 bits per heavy atom. The van der Waals surface area contributed by atoms with Crippen LogP contribution in [0.3, 0.4) is 0 Å². The van der Waals surface area contributed by atoms with Gasteiger partial charge in [0.15, 0.2) is 0 Å². The molecule has 0 aromatic heterocycles. The van der Waals surface area contributed by atoms with E-state index in [1.165, 1.54) is 44.9 Å². The summed E-state index contributed by atoms with van der Waals surface area (Å²) in [5.74, 6) is -0.212. The normalized spacial score (nSPS) is 20.5. The molecule has 5 heteroatoms. The average Bonchev–Trinajstić information content (AvgIpc) is 3.01. The molecule has 1 heterocycles. The first kappa shape index (κ1) is 25.0. The highest BCUT2D eigenvalue weighted by Crippen LogP contribution is 2.43. The van der Waals surface area contributed by atoms with Gasteiger partial charge in [0, 0.05) is 0 Å². The summed E-state index contributed by atoms with van der Waals surface area (Å²) < 4.78 is 16.2. The van der Waals surface area contributed by atoms with Gasteiger partial charge in [-0.05, 0) is 37.5 Å². The van der Waals surface area contributed by atoms with Crippen LogP contribution in [0.15, 0.2) is 36.4 Å². The van der Waals surface area contributed by atoms with Crippen LogP contribution in [0, 0.1) is 5.41 Å². The number of benzene rings is 1. The minimum Gasteiger partial charge on any atom is -0.497 e. The zero-order chi connectivity index (χ0) is 22.7. The highest BCUT2D eigenvalue weighted by molar-refractivity contribution is 6.00. The smallest absolute Gasteiger partial charge is 0.335 e. The van der Waals surface area contributed by atoms with Gasteiger partial charge >= 0.3 is 11.9 Å². The van der Waals surface area contributed by atoms with Crippen molar-refractivity contribution in [3.8, 4) is 5.75 Å². The van der Waals surface area contributed by atoms with Crippen molar-refractivity contribution < 1.29 is 23.8 Å². The highest BCUT2D eigenvalue weighted by Gasteiger charge is 2.55. The second-order valence-corrected chi connectivity index (χ2v) is 8.62. The standard InChI is InChI=1S/C26H38O5/c1-5-6-7-8-9-10-11-12-13-14-23-26(3,20(2)24(27)31-23)25(28)30-19-21-15-17-22(29-4)18-16-21/h15-18,23H,2,5-14,19H2,1,3-4H3/t23-,26+/m1/s1. The van der Waals surface area contributed by atoms with Gasteiger partial charge in [0.25, 0.3) is 0 Å². The molecular weight excluding hydrogens is 392 g/mol. The fourth-order valence-electron chi connectivity index (χ4n) is 3.99. The lowest BCUT2D eigenvalue weighted by Gasteiger charge is -2.27. The topological polar surface area (TPSA) is 61.8 Å². The molecule has 0 amide bonds. The van der Waals surface area contributed by atoms with E-state index in [0.717, 1.165) is 24.2 Å². The van der Waals surface area contributed by atoms with E-state index < -0.39 is 23.5 Å². The first-order chi connectivity index (χ1) is 14.9. The molecule has 1 aromatic rings. The molecule has 172 valence electrons. The van der Waals surface area contributed by atoms with E-state index in [9.17, 15) is 9.59 Å². The molecule has 0 unspecified atom stereocenters. The summed E-state index contributed by atoms with van der Waals surface area (Å²) in [7, 11) is 1.60. The zero-order valence-corrected chi connectivity index (χ0v) is 19.4. The number of esters is 2. The summed E-state index contributed by atoms with van der Waals surface area (Å²) in [6, 6.07) is 7.33. The lowest BCUT2D eigenvalue weighted by Crippen LogP contribution is -2.38. The van der Waals surface area contributed by atoms with E-state index in [1.807, 2.05) is 24.3 Å².